The summed E-state index contributed by atoms with van der Waals surface area (Å²) in [6.45, 7) is 2.21. The van der Waals surface area contributed by atoms with Gasteiger partial charge >= 0.3 is 0 Å². The number of rotatable bonds is 4. The Morgan fingerprint density at radius 2 is 1.90 bits per heavy atom. The Balaban J connectivity index is 1.36. The number of aromatic nitrogens is 3. The molecule has 154 valence electrons. The van der Waals surface area contributed by atoms with E-state index in [4.69, 9.17) is 16.3 Å². The average molecular weight is 423 g/mol. The van der Waals surface area contributed by atoms with Crippen LogP contribution in [0.1, 0.15) is 30.4 Å². The summed E-state index contributed by atoms with van der Waals surface area (Å²) in [5.74, 6) is 1.33. The van der Waals surface area contributed by atoms with Crippen LogP contribution in [-0.2, 0) is 12.8 Å². The van der Waals surface area contributed by atoms with Crippen LogP contribution in [0.3, 0.4) is 0 Å². The van der Waals surface area contributed by atoms with Gasteiger partial charge in [-0.15, -0.1) is 0 Å². The van der Waals surface area contributed by atoms with Gasteiger partial charge in [0, 0.05) is 25.3 Å². The second-order valence-corrected chi connectivity index (χ2v) is 8.26. The molecule has 5 rings (SSSR count). The lowest BCUT2D eigenvalue weighted by atomic mass is 9.91. The summed E-state index contributed by atoms with van der Waals surface area (Å²) in [6, 6.07) is 12.2. The number of hydrogen-bond donors (Lipinski definition) is 0. The lowest BCUT2D eigenvalue weighted by Crippen LogP contribution is -2.41. The van der Waals surface area contributed by atoms with Crippen molar-refractivity contribution in [3.8, 4) is 17.3 Å². The summed E-state index contributed by atoms with van der Waals surface area (Å²) >= 11 is 6.31. The van der Waals surface area contributed by atoms with Crippen molar-refractivity contribution in [2.45, 2.75) is 38.1 Å². The van der Waals surface area contributed by atoms with Gasteiger partial charge in [0.1, 0.15) is 5.75 Å². The predicted molar refractivity (Wildman–Crippen MR) is 116 cm³/mol. The van der Waals surface area contributed by atoms with E-state index in [0.29, 0.717) is 11.6 Å². The van der Waals surface area contributed by atoms with Gasteiger partial charge in [-0.05, 0) is 61.1 Å². The number of hydrogen-bond acceptors (Lipinski definition) is 5. The van der Waals surface area contributed by atoms with E-state index in [0.717, 1.165) is 32.0 Å². The zero-order valence-electron chi connectivity index (χ0n) is 16.6. The molecule has 0 N–H and O–H groups in total. The van der Waals surface area contributed by atoms with Crippen molar-refractivity contribution in [2.75, 3.05) is 13.1 Å². The van der Waals surface area contributed by atoms with Crippen molar-refractivity contribution in [3.63, 3.8) is 0 Å². The van der Waals surface area contributed by atoms with E-state index in [-0.39, 0.29) is 10.8 Å². The third-order valence-electron chi connectivity index (χ3n) is 6.09. The Morgan fingerprint density at radius 3 is 2.63 bits per heavy atom. The van der Waals surface area contributed by atoms with E-state index < -0.39 is 5.56 Å². The molecule has 0 amide bonds. The van der Waals surface area contributed by atoms with Crippen LogP contribution in [0.4, 0.5) is 0 Å². The fourth-order valence-electron chi connectivity index (χ4n) is 4.16. The monoisotopic (exact) mass is 422 g/mol. The highest BCUT2D eigenvalue weighted by Crippen LogP contribution is 2.31. The van der Waals surface area contributed by atoms with E-state index in [9.17, 15) is 4.79 Å². The molecule has 3 aromatic rings. The third-order valence-corrected chi connectivity index (χ3v) is 6.43. The highest BCUT2D eigenvalue weighted by atomic mass is 35.5. The third kappa shape index (κ3) is 3.73. The minimum absolute atomic E-state index is 0.0123. The molecule has 1 aliphatic heterocycles. The van der Waals surface area contributed by atoms with Crippen LogP contribution < -0.4 is 10.3 Å². The Morgan fingerprint density at radius 1 is 1.07 bits per heavy atom. The minimum atomic E-state index is -0.459. The summed E-state index contributed by atoms with van der Waals surface area (Å²) in [7, 11) is 0. The number of halogens is 1. The smallest absolute Gasteiger partial charge is 0.295 e. The first-order chi connectivity index (χ1) is 14.7. The zero-order chi connectivity index (χ0) is 20.5. The van der Waals surface area contributed by atoms with Crippen molar-refractivity contribution in [3.05, 3.63) is 75.3 Å². The van der Waals surface area contributed by atoms with Crippen molar-refractivity contribution >= 4 is 11.6 Å². The Bertz CT molecular complexity index is 1110. The highest BCUT2D eigenvalue weighted by Gasteiger charge is 2.26. The quantitative estimate of drug-likeness (QED) is 0.635. The number of pyridine rings is 1. The number of nitrogens with zero attached hydrogens (tertiary/aromatic N) is 4. The fraction of sp³-hybridized carbons (Fsp3) is 0.348. The number of ether oxygens (including phenoxy) is 1. The first kappa shape index (κ1) is 19.3. The second-order valence-electron chi connectivity index (χ2n) is 7.88. The fourth-order valence-corrected chi connectivity index (χ4v) is 4.32. The standard InChI is InChI=1S/C23H23ClN4O2/c24-22-20(15-26-28(23(22)29)21-6-1-2-11-25-21)30-19-8-7-16-9-12-27(18-4-3-5-18)13-10-17(16)14-19/h1-2,6-8,11,14-15,18H,3-5,9-10,12-13H2. The maximum Gasteiger partial charge on any atom is 0.295 e. The minimum Gasteiger partial charge on any atom is -0.454 e. The van der Waals surface area contributed by atoms with Crippen LogP contribution >= 0.6 is 11.6 Å². The molecular formula is C23H23ClN4O2. The van der Waals surface area contributed by atoms with E-state index >= 15 is 0 Å². The molecule has 1 fully saturated rings. The molecule has 30 heavy (non-hydrogen) atoms. The topological polar surface area (TPSA) is 60.2 Å². The molecule has 0 atom stereocenters. The normalized spacial score (nSPS) is 17.1. The first-order valence-corrected chi connectivity index (χ1v) is 10.8. The van der Waals surface area contributed by atoms with Gasteiger partial charge in [-0.1, -0.05) is 30.2 Å². The molecule has 2 aromatic heterocycles. The summed E-state index contributed by atoms with van der Waals surface area (Å²) < 4.78 is 7.12. The van der Waals surface area contributed by atoms with Crippen molar-refractivity contribution in [1.82, 2.24) is 19.7 Å². The SMILES string of the molecule is O=c1c(Cl)c(Oc2ccc3c(c2)CCN(C2CCC2)CC3)cnn1-c1ccccn1. The van der Waals surface area contributed by atoms with E-state index in [1.807, 2.05) is 6.07 Å². The summed E-state index contributed by atoms with van der Waals surface area (Å²) in [5, 5.41) is 4.17. The molecule has 1 saturated carbocycles. The van der Waals surface area contributed by atoms with Crippen LogP contribution in [0.2, 0.25) is 5.02 Å². The predicted octanol–water partition coefficient (Wildman–Crippen LogP) is 4.03. The van der Waals surface area contributed by atoms with Gasteiger partial charge in [0.2, 0.25) is 0 Å². The Hall–Kier alpha value is -2.70. The van der Waals surface area contributed by atoms with E-state index in [2.05, 4.69) is 27.1 Å². The summed E-state index contributed by atoms with van der Waals surface area (Å²) in [6.07, 6.45) is 9.16. The molecule has 1 aromatic carbocycles. The number of benzene rings is 1. The zero-order valence-corrected chi connectivity index (χ0v) is 17.4. The maximum absolute atomic E-state index is 12.6. The molecule has 1 aliphatic carbocycles. The van der Waals surface area contributed by atoms with Gasteiger partial charge in [0.05, 0.1) is 6.20 Å². The Labute approximate surface area is 180 Å². The molecule has 6 nitrogen and oxygen atoms in total. The first-order valence-electron chi connectivity index (χ1n) is 10.4. The largest absolute Gasteiger partial charge is 0.454 e. The van der Waals surface area contributed by atoms with Crippen molar-refractivity contribution < 1.29 is 4.74 Å². The van der Waals surface area contributed by atoms with Crippen LogP contribution in [0, 0.1) is 0 Å². The van der Waals surface area contributed by atoms with E-state index in [1.165, 1.54) is 41.3 Å². The molecule has 0 radical (unpaired) electrons. The van der Waals surface area contributed by atoms with Gasteiger partial charge in [0.25, 0.3) is 5.56 Å². The van der Waals surface area contributed by atoms with Gasteiger partial charge in [-0.2, -0.15) is 9.78 Å². The Kier molecular flexibility index (Phi) is 5.27. The number of fused-ring (bicyclic) bond motifs is 1. The van der Waals surface area contributed by atoms with Crippen LogP contribution in [0.5, 0.6) is 11.5 Å². The van der Waals surface area contributed by atoms with E-state index in [1.54, 1.807) is 24.4 Å². The van der Waals surface area contributed by atoms with Crippen LogP contribution in [0.15, 0.2) is 53.6 Å². The molecule has 0 saturated heterocycles. The molecule has 0 bridgehead atoms. The maximum atomic E-state index is 12.6. The second kappa shape index (κ2) is 8.20. The molecule has 7 heteroatoms. The van der Waals surface area contributed by atoms with Crippen molar-refractivity contribution in [1.29, 1.82) is 0 Å². The summed E-state index contributed by atoms with van der Waals surface area (Å²) in [5.41, 5.74) is 2.22. The molecular weight excluding hydrogens is 400 g/mol. The lowest BCUT2D eigenvalue weighted by Gasteiger charge is -2.36. The summed E-state index contributed by atoms with van der Waals surface area (Å²) in [4.78, 5) is 19.4. The van der Waals surface area contributed by atoms with Gasteiger partial charge in [-0.3, -0.25) is 9.69 Å². The van der Waals surface area contributed by atoms with Crippen molar-refractivity contribution in [2.24, 2.45) is 0 Å². The molecule has 2 aliphatic rings. The van der Waals surface area contributed by atoms with Crippen LogP contribution in [-0.4, -0.2) is 38.8 Å². The average Bonchev–Trinajstić information content (AvgIpc) is 2.93. The highest BCUT2D eigenvalue weighted by molar-refractivity contribution is 6.31. The van der Waals surface area contributed by atoms with Crippen LogP contribution in [0.25, 0.3) is 5.82 Å². The van der Waals surface area contributed by atoms with Gasteiger partial charge in [0.15, 0.2) is 16.6 Å². The molecule has 3 heterocycles. The lowest BCUT2D eigenvalue weighted by molar-refractivity contribution is 0.133. The van der Waals surface area contributed by atoms with Gasteiger partial charge in [-0.25, -0.2) is 4.98 Å². The molecule has 0 spiro atoms. The molecule has 0 unspecified atom stereocenters. The van der Waals surface area contributed by atoms with Gasteiger partial charge < -0.3 is 4.74 Å².